The van der Waals surface area contributed by atoms with Crippen molar-refractivity contribution in [3.63, 3.8) is 0 Å². The number of pyridine rings is 1. The third-order valence-corrected chi connectivity index (χ3v) is 4.00. The molecular formula is C16H24N2O2. The smallest absolute Gasteiger partial charge is 0.335 e. The highest BCUT2D eigenvalue weighted by Crippen LogP contribution is 2.34. The van der Waals surface area contributed by atoms with E-state index in [1.165, 1.54) is 0 Å². The summed E-state index contributed by atoms with van der Waals surface area (Å²) in [5, 5.41) is 9.33. The molecule has 0 atom stereocenters. The molecule has 1 aromatic rings. The van der Waals surface area contributed by atoms with Gasteiger partial charge in [0.1, 0.15) is 5.82 Å². The number of hydrogen-bond donors (Lipinski definition) is 1. The van der Waals surface area contributed by atoms with Gasteiger partial charge in [-0.15, -0.1) is 0 Å². The minimum Gasteiger partial charge on any atom is -0.478 e. The first kappa shape index (κ1) is 14.8. The molecule has 0 aliphatic carbocycles. The van der Waals surface area contributed by atoms with Crippen LogP contribution in [0.5, 0.6) is 0 Å². The maximum absolute atomic E-state index is 11.4. The lowest BCUT2D eigenvalue weighted by atomic mass is 9.90. The van der Waals surface area contributed by atoms with Gasteiger partial charge in [-0.05, 0) is 38.8 Å². The molecule has 0 aromatic carbocycles. The second-order valence-electron chi connectivity index (χ2n) is 7.22. The fourth-order valence-electron chi connectivity index (χ4n) is 2.69. The van der Waals surface area contributed by atoms with Gasteiger partial charge in [0.2, 0.25) is 0 Å². The lowest BCUT2D eigenvalue weighted by Gasteiger charge is -2.33. The Morgan fingerprint density at radius 2 is 2.00 bits per heavy atom. The number of aromatic carboxylic acids is 1. The molecule has 1 aliphatic heterocycles. The van der Waals surface area contributed by atoms with E-state index in [0.29, 0.717) is 5.56 Å². The zero-order chi connectivity index (χ0) is 15.1. The van der Waals surface area contributed by atoms with Crippen LogP contribution in [0.25, 0.3) is 0 Å². The van der Waals surface area contributed by atoms with Crippen LogP contribution in [0, 0.1) is 0 Å². The van der Waals surface area contributed by atoms with E-state index in [9.17, 15) is 9.90 Å². The maximum Gasteiger partial charge on any atom is 0.335 e. The Morgan fingerprint density at radius 3 is 2.45 bits per heavy atom. The lowest BCUT2D eigenvalue weighted by Crippen LogP contribution is -2.39. The van der Waals surface area contributed by atoms with Crippen LogP contribution in [-0.4, -0.2) is 28.1 Å². The summed E-state index contributed by atoms with van der Waals surface area (Å²) in [6.45, 7) is 11.5. The molecule has 4 nitrogen and oxygen atoms in total. The van der Waals surface area contributed by atoms with Gasteiger partial charge < -0.3 is 10.0 Å². The van der Waals surface area contributed by atoms with Crippen LogP contribution in [-0.2, 0) is 5.41 Å². The Morgan fingerprint density at radius 1 is 1.35 bits per heavy atom. The Hall–Kier alpha value is -1.58. The second-order valence-corrected chi connectivity index (χ2v) is 7.22. The standard InChI is InChI=1S/C16H24N2O2/c1-15(2,3)12-9-11(14(19)20)10-13(17-12)18-8-6-7-16(18,4)5/h9-10H,6-8H2,1-5H3,(H,19,20). The molecule has 0 saturated carbocycles. The Balaban J connectivity index is 2.53. The molecule has 110 valence electrons. The highest BCUT2D eigenvalue weighted by Gasteiger charge is 2.33. The van der Waals surface area contributed by atoms with E-state index in [4.69, 9.17) is 4.98 Å². The monoisotopic (exact) mass is 276 g/mol. The zero-order valence-electron chi connectivity index (χ0n) is 13.0. The number of rotatable bonds is 2. The van der Waals surface area contributed by atoms with Gasteiger partial charge in [-0.25, -0.2) is 9.78 Å². The second kappa shape index (κ2) is 4.76. The van der Waals surface area contributed by atoms with E-state index in [2.05, 4.69) is 39.5 Å². The molecule has 0 unspecified atom stereocenters. The Labute approximate surface area is 120 Å². The molecule has 1 aliphatic rings. The predicted molar refractivity (Wildman–Crippen MR) is 80.6 cm³/mol. The number of aromatic nitrogens is 1. The van der Waals surface area contributed by atoms with Crippen LogP contribution in [0.15, 0.2) is 12.1 Å². The third-order valence-electron chi connectivity index (χ3n) is 4.00. The molecule has 1 saturated heterocycles. The Kier molecular flexibility index (Phi) is 3.53. The van der Waals surface area contributed by atoms with Crippen molar-refractivity contribution in [3.05, 3.63) is 23.4 Å². The number of carbonyl (C=O) groups is 1. The minimum atomic E-state index is -0.892. The van der Waals surface area contributed by atoms with Crippen molar-refractivity contribution < 1.29 is 9.90 Å². The SMILES string of the molecule is CC(C)(C)c1cc(C(=O)O)cc(N2CCCC2(C)C)n1. The number of carboxylic acid groups (broad SMARTS) is 1. The highest BCUT2D eigenvalue weighted by molar-refractivity contribution is 5.88. The number of hydrogen-bond acceptors (Lipinski definition) is 3. The lowest BCUT2D eigenvalue weighted by molar-refractivity contribution is 0.0696. The fourth-order valence-corrected chi connectivity index (χ4v) is 2.69. The summed E-state index contributed by atoms with van der Waals surface area (Å²) in [7, 11) is 0. The van der Waals surface area contributed by atoms with Gasteiger partial charge in [-0.3, -0.25) is 0 Å². The number of nitrogens with zero attached hydrogens (tertiary/aromatic N) is 2. The maximum atomic E-state index is 11.4. The van der Waals surface area contributed by atoms with Gasteiger partial charge in [0.15, 0.2) is 0 Å². The summed E-state index contributed by atoms with van der Waals surface area (Å²) in [5.41, 5.74) is 1.03. The van der Waals surface area contributed by atoms with Gasteiger partial charge in [-0.2, -0.15) is 0 Å². The minimum absolute atomic E-state index is 0.0410. The molecule has 1 N–H and O–H groups in total. The van der Waals surface area contributed by atoms with E-state index in [1.807, 2.05) is 0 Å². The topological polar surface area (TPSA) is 53.4 Å². The van der Waals surface area contributed by atoms with Gasteiger partial charge in [-0.1, -0.05) is 20.8 Å². The summed E-state index contributed by atoms with van der Waals surface area (Å²) in [5.74, 6) is -0.103. The Bertz CT molecular complexity index is 530. The zero-order valence-corrected chi connectivity index (χ0v) is 13.0. The van der Waals surface area contributed by atoms with Crippen molar-refractivity contribution in [2.24, 2.45) is 0 Å². The van der Waals surface area contributed by atoms with Gasteiger partial charge >= 0.3 is 5.97 Å². The third kappa shape index (κ3) is 2.79. The van der Waals surface area contributed by atoms with Gasteiger partial charge in [0, 0.05) is 23.2 Å². The number of carboxylic acids is 1. The van der Waals surface area contributed by atoms with E-state index in [0.717, 1.165) is 30.9 Å². The average molecular weight is 276 g/mol. The average Bonchev–Trinajstić information content (AvgIpc) is 2.67. The van der Waals surface area contributed by atoms with E-state index in [-0.39, 0.29) is 11.0 Å². The normalized spacial score (nSPS) is 18.4. The predicted octanol–water partition coefficient (Wildman–Crippen LogP) is 3.46. The summed E-state index contributed by atoms with van der Waals surface area (Å²) >= 11 is 0. The van der Waals surface area contributed by atoms with Crippen molar-refractivity contribution in [1.82, 2.24) is 4.98 Å². The van der Waals surface area contributed by atoms with Crippen molar-refractivity contribution in [1.29, 1.82) is 0 Å². The van der Waals surface area contributed by atoms with E-state index < -0.39 is 5.97 Å². The van der Waals surface area contributed by atoms with E-state index in [1.54, 1.807) is 12.1 Å². The molecule has 20 heavy (non-hydrogen) atoms. The largest absolute Gasteiger partial charge is 0.478 e. The number of anilines is 1. The van der Waals surface area contributed by atoms with Crippen molar-refractivity contribution in [3.8, 4) is 0 Å². The fraction of sp³-hybridized carbons (Fsp3) is 0.625. The van der Waals surface area contributed by atoms with Crippen LogP contribution in [0.2, 0.25) is 0 Å². The van der Waals surface area contributed by atoms with Crippen LogP contribution >= 0.6 is 0 Å². The molecule has 0 amide bonds. The van der Waals surface area contributed by atoms with Crippen molar-refractivity contribution in [2.45, 2.75) is 58.4 Å². The first-order valence-corrected chi connectivity index (χ1v) is 7.15. The van der Waals surface area contributed by atoms with Crippen LogP contribution in [0.3, 0.4) is 0 Å². The van der Waals surface area contributed by atoms with Crippen LogP contribution in [0.4, 0.5) is 5.82 Å². The molecule has 0 spiro atoms. The molecule has 1 aromatic heterocycles. The summed E-state index contributed by atoms with van der Waals surface area (Å²) in [4.78, 5) is 18.3. The molecule has 1 fully saturated rings. The molecule has 2 rings (SSSR count). The summed E-state index contributed by atoms with van der Waals surface area (Å²) < 4.78 is 0. The van der Waals surface area contributed by atoms with Crippen LogP contribution < -0.4 is 4.90 Å². The quantitative estimate of drug-likeness (QED) is 0.898. The first-order valence-electron chi connectivity index (χ1n) is 7.15. The molecule has 2 heterocycles. The van der Waals surface area contributed by atoms with Crippen molar-refractivity contribution >= 4 is 11.8 Å². The first-order chi connectivity index (χ1) is 9.11. The molecular weight excluding hydrogens is 252 g/mol. The molecule has 0 radical (unpaired) electrons. The molecule has 4 heteroatoms. The summed E-state index contributed by atoms with van der Waals surface area (Å²) in [6, 6.07) is 3.39. The molecule has 0 bridgehead atoms. The summed E-state index contributed by atoms with van der Waals surface area (Å²) in [6.07, 6.45) is 2.23. The van der Waals surface area contributed by atoms with E-state index >= 15 is 0 Å². The van der Waals surface area contributed by atoms with Gasteiger partial charge in [0.05, 0.1) is 5.56 Å². The van der Waals surface area contributed by atoms with Gasteiger partial charge in [0.25, 0.3) is 0 Å². The van der Waals surface area contributed by atoms with Crippen molar-refractivity contribution in [2.75, 3.05) is 11.4 Å². The van der Waals surface area contributed by atoms with Crippen LogP contribution in [0.1, 0.15) is 63.5 Å². The highest BCUT2D eigenvalue weighted by atomic mass is 16.4.